The van der Waals surface area contributed by atoms with Crippen LogP contribution in [0.2, 0.25) is 5.02 Å². The van der Waals surface area contributed by atoms with E-state index in [2.05, 4.69) is 5.32 Å². The smallest absolute Gasteiger partial charge is 0.336 e. The van der Waals surface area contributed by atoms with Crippen LogP contribution >= 0.6 is 11.6 Å². The SMILES string of the molecule is COC(=O)C1=C(C)NC2=C(C(=O)C[C@H](c3ccccc3Cl)C2)[C@H]1c1ccc([N+](=O)[O-])cc1. The number of hydrogen-bond acceptors (Lipinski definition) is 6. The number of nitrogens with one attached hydrogen (secondary N) is 1. The Balaban J connectivity index is 1.81. The molecule has 0 bridgehead atoms. The Morgan fingerprint density at radius 2 is 1.84 bits per heavy atom. The number of dihydropyridines is 1. The summed E-state index contributed by atoms with van der Waals surface area (Å²) in [5.41, 5.74) is 3.60. The van der Waals surface area contributed by atoms with E-state index in [0.717, 1.165) is 11.3 Å². The van der Waals surface area contributed by atoms with Crippen molar-refractivity contribution in [2.45, 2.75) is 31.6 Å². The Morgan fingerprint density at radius 1 is 1.16 bits per heavy atom. The third kappa shape index (κ3) is 3.80. The number of allylic oxidation sites excluding steroid dienone is 3. The summed E-state index contributed by atoms with van der Waals surface area (Å²) in [7, 11) is 1.29. The predicted molar refractivity (Wildman–Crippen MR) is 119 cm³/mol. The molecule has 8 heteroatoms. The minimum absolute atomic E-state index is 0.0639. The maximum Gasteiger partial charge on any atom is 0.336 e. The Bertz CT molecular complexity index is 1180. The van der Waals surface area contributed by atoms with Crippen LogP contribution in [0.25, 0.3) is 0 Å². The summed E-state index contributed by atoms with van der Waals surface area (Å²) in [4.78, 5) is 36.7. The second-order valence-corrected chi connectivity index (χ2v) is 8.29. The molecular formula is C24H21ClN2O5. The molecule has 0 fully saturated rings. The minimum Gasteiger partial charge on any atom is -0.466 e. The molecule has 0 saturated carbocycles. The number of ketones is 1. The van der Waals surface area contributed by atoms with Crippen molar-refractivity contribution in [1.82, 2.24) is 5.32 Å². The summed E-state index contributed by atoms with van der Waals surface area (Å²) in [6.07, 6.45) is 0.807. The van der Waals surface area contributed by atoms with Gasteiger partial charge < -0.3 is 10.1 Å². The molecule has 0 saturated heterocycles. The van der Waals surface area contributed by atoms with Crippen molar-refractivity contribution < 1.29 is 19.2 Å². The number of non-ortho nitro benzene ring substituents is 1. The van der Waals surface area contributed by atoms with Crippen molar-refractivity contribution in [2.24, 2.45) is 0 Å². The van der Waals surface area contributed by atoms with Gasteiger partial charge in [-0.2, -0.15) is 0 Å². The number of benzene rings is 2. The van der Waals surface area contributed by atoms with Crippen LogP contribution in [0.1, 0.15) is 42.7 Å². The van der Waals surface area contributed by atoms with Gasteiger partial charge in [0.2, 0.25) is 0 Å². The fourth-order valence-electron chi connectivity index (χ4n) is 4.57. The van der Waals surface area contributed by atoms with Crippen LogP contribution in [0.3, 0.4) is 0 Å². The van der Waals surface area contributed by atoms with Gasteiger partial charge in [0.25, 0.3) is 5.69 Å². The van der Waals surface area contributed by atoms with E-state index in [-0.39, 0.29) is 23.8 Å². The van der Waals surface area contributed by atoms with E-state index in [1.165, 1.54) is 19.2 Å². The number of rotatable bonds is 4. The van der Waals surface area contributed by atoms with Gasteiger partial charge in [-0.1, -0.05) is 41.9 Å². The first-order valence-electron chi connectivity index (χ1n) is 10.1. The zero-order chi connectivity index (χ0) is 23.0. The number of nitro groups is 1. The van der Waals surface area contributed by atoms with E-state index in [1.807, 2.05) is 18.2 Å². The molecule has 1 heterocycles. The fourth-order valence-corrected chi connectivity index (χ4v) is 4.86. The molecule has 32 heavy (non-hydrogen) atoms. The van der Waals surface area contributed by atoms with Crippen molar-refractivity contribution in [3.8, 4) is 0 Å². The summed E-state index contributed by atoms with van der Waals surface area (Å²) in [5, 5.41) is 14.9. The van der Waals surface area contributed by atoms with Gasteiger partial charge in [0.1, 0.15) is 0 Å². The van der Waals surface area contributed by atoms with Crippen LogP contribution in [-0.2, 0) is 14.3 Å². The van der Waals surface area contributed by atoms with Gasteiger partial charge in [0.05, 0.1) is 17.6 Å². The molecule has 2 aliphatic rings. The van der Waals surface area contributed by atoms with Crippen molar-refractivity contribution in [3.63, 3.8) is 0 Å². The molecule has 0 unspecified atom stereocenters. The summed E-state index contributed by atoms with van der Waals surface area (Å²) in [6.45, 7) is 1.76. The van der Waals surface area contributed by atoms with Gasteiger partial charge in [0, 0.05) is 46.5 Å². The average molecular weight is 453 g/mol. The number of nitro benzene ring substituents is 1. The van der Waals surface area contributed by atoms with Crippen LogP contribution in [0, 0.1) is 10.1 Å². The second kappa shape index (κ2) is 8.59. The summed E-state index contributed by atoms with van der Waals surface area (Å²) < 4.78 is 5.00. The molecule has 1 N–H and O–H groups in total. The van der Waals surface area contributed by atoms with E-state index in [4.69, 9.17) is 16.3 Å². The second-order valence-electron chi connectivity index (χ2n) is 7.88. The van der Waals surface area contributed by atoms with Crippen molar-refractivity contribution >= 4 is 29.0 Å². The molecule has 164 valence electrons. The third-order valence-corrected chi connectivity index (χ3v) is 6.36. The quantitative estimate of drug-likeness (QED) is 0.407. The highest BCUT2D eigenvalue weighted by Gasteiger charge is 2.41. The standard InChI is InChI=1S/C24H21ClN2O5/c1-13-21(24(29)32-2)22(14-7-9-16(10-8-14)27(30)31)23-19(26-13)11-15(12-20(23)28)17-5-3-4-6-18(17)25/h3-10,15,22,26H,11-12H2,1-2H3/t15-,22+/m1/s1. The third-order valence-electron chi connectivity index (χ3n) is 6.02. The van der Waals surface area contributed by atoms with Crippen LogP contribution < -0.4 is 5.32 Å². The van der Waals surface area contributed by atoms with Crippen LogP contribution in [0.15, 0.2) is 71.1 Å². The van der Waals surface area contributed by atoms with E-state index in [9.17, 15) is 19.7 Å². The van der Waals surface area contributed by atoms with E-state index >= 15 is 0 Å². The molecule has 7 nitrogen and oxygen atoms in total. The Labute approximate surface area is 189 Å². The van der Waals surface area contributed by atoms with Gasteiger partial charge >= 0.3 is 5.97 Å². The van der Waals surface area contributed by atoms with Crippen molar-refractivity contribution in [2.75, 3.05) is 7.11 Å². The van der Waals surface area contributed by atoms with Crippen molar-refractivity contribution in [1.29, 1.82) is 0 Å². The summed E-state index contributed by atoms with van der Waals surface area (Å²) in [6, 6.07) is 13.4. The highest BCUT2D eigenvalue weighted by Crippen LogP contribution is 2.46. The normalized spacial score (nSPS) is 20.5. The first kappa shape index (κ1) is 21.8. The number of nitrogens with zero attached hydrogens (tertiary/aromatic N) is 1. The molecule has 1 aliphatic heterocycles. The zero-order valence-electron chi connectivity index (χ0n) is 17.6. The highest BCUT2D eigenvalue weighted by atomic mass is 35.5. The Kier molecular flexibility index (Phi) is 5.84. The van der Waals surface area contributed by atoms with Crippen LogP contribution in [0.5, 0.6) is 0 Å². The van der Waals surface area contributed by atoms with Gasteiger partial charge in [-0.05, 0) is 36.5 Å². The van der Waals surface area contributed by atoms with E-state index in [0.29, 0.717) is 33.9 Å². The molecular weight excluding hydrogens is 432 g/mol. The first-order valence-corrected chi connectivity index (χ1v) is 10.5. The molecule has 0 aromatic heterocycles. The topological polar surface area (TPSA) is 98.5 Å². The molecule has 1 aliphatic carbocycles. The maximum atomic E-state index is 13.4. The van der Waals surface area contributed by atoms with E-state index in [1.54, 1.807) is 25.1 Å². The molecule has 2 atom stereocenters. The number of carbonyl (C=O) groups excluding carboxylic acids is 2. The average Bonchev–Trinajstić information content (AvgIpc) is 2.78. The van der Waals surface area contributed by atoms with Crippen molar-refractivity contribution in [3.05, 3.63) is 97.3 Å². The lowest BCUT2D eigenvalue weighted by Crippen LogP contribution is -2.36. The number of carbonyl (C=O) groups is 2. The van der Waals surface area contributed by atoms with E-state index < -0.39 is 16.8 Å². The van der Waals surface area contributed by atoms with Gasteiger partial charge in [-0.25, -0.2) is 4.79 Å². The largest absolute Gasteiger partial charge is 0.466 e. The Morgan fingerprint density at radius 3 is 2.47 bits per heavy atom. The number of methoxy groups -OCH3 is 1. The molecule has 4 rings (SSSR count). The van der Waals surface area contributed by atoms with Crippen LogP contribution in [-0.4, -0.2) is 23.8 Å². The fraction of sp³-hybridized carbons (Fsp3) is 0.250. The summed E-state index contributed by atoms with van der Waals surface area (Å²) in [5.74, 6) is -1.40. The summed E-state index contributed by atoms with van der Waals surface area (Å²) >= 11 is 6.38. The minimum atomic E-state index is -0.667. The monoisotopic (exact) mass is 452 g/mol. The highest BCUT2D eigenvalue weighted by molar-refractivity contribution is 6.31. The molecule has 0 amide bonds. The lowest BCUT2D eigenvalue weighted by Gasteiger charge is -2.36. The van der Waals surface area contributed by atoms with Crippen LogP contribution in [0.4, 0.5) is 5.69 Å². The van der Waals surface area contributed by atoms with Gasteiger partial charge in [-0.15, -0.1) is 0 Å². The van der Waals surface area contributed by atoms with Gasteiger partial charge in [0.15, 0.2) is 5.78 Å². The predicted octanol–water partition coefficient (Wildman–Crippen LogP) is 4.78. The number of hydrogen-bond donors (Lipinski definition) is 1. The number of halogens is 1. The molecule has 2 aromatic carbocycles. The molecule has 0 spiro atoms. The number of esters is 1. The lowest BCUT2D eigenvalue weighted by molar-refractivity contribution is -0.384. The number of ether oxygens (including phenoxy) is 1. The Hall–Kier alpha value is -3.45. The molecule has 0 radical (unpaired) electrons. The lowest BCUT2D eigenvalue weighted by atomic mass is 9.71. The number of Topliss-reactive ketones (excluding diaryl/α,β-unsaturated/α-hetero) is 1. The molecule has 2 aromatic rings. The first-order chi connectivity index (χ1) is 15.3. The zero-order valence-corrected chi connectivity index (χ0v) is 18.3. The maximum absolute atomic E-state index is 13.4. The van der Waals surface area contributed by atoms with Gasteiger partial charge in [-0.3, -0.25) is 14.9 Å².